The van der Waals surface area contributed by atoms with Crippen molar-refractivity contribution in [2.24, 2.45) is 0 Å². The number of rotatable bonds is 1. The summed E-state index contributed by atoms with van der Waals surface area (Å²) in [5, 5.41) is 0. The van der Waals surface area contributed by atoms with Gasteiger partial charge in [-0.15, -0.1) is 0 Å². The molecule has 0 saturated heterocycles. The van der Waals surface area contributed by atoms with Crippen molar-refractivity contribution in [2.45, 2.75) is 0 Å². The standard InChI is InChI=1S/C9H8N2O2/c1-13-9(12)8-3-2-7-4-5-10-6-11(7)8/h2-6H,1H3. The molecule has 0 N–H and O–H groups in total. The molecule has 66 valence electrons. The van der Waals surface area contributed by atoms with E-state index in [-0.39, 0.29) is 5.97 Å². The fourth-order valence-electron chi connectivity index (χ4n) is 1.22. The maximum absolute atomic E-state index is 11.2. The van der Waals surface area contributed by atoms with Gasteiger partial charge in [0.2, 0.25) is 0 Å². The van der Waals surface area contributed by atoms with Crippen LogP contribution in [0.5, 0.6) is 0 Å². The van der Waals surface area contributed by atoms with Gasteiger partial charge in [-0.05, 0) is 18.2 Å². The molecular formula is C9H8N2O2. The van der Waals surface area contributed by atoms with Crippen molar-refractivity contribution < 1.29 is 9.53 Å². The second-order valence-electron chi connectivity index (χ2n) is 2.59. The van der Waals surface area contributed by atoms with Gasteiger partial charge in [0.05, 0.1) is 13.4 Å². The molecular weight excluding hydrogens is 168 g/mol. The van der Waals surface area contributed by atoms with E-state index in [1.165, 1.54) is 7.11 Å². The molecule has 0 saturated carbocycles. The summed E-state index contributed by atoms with van der Waals surface area (Å²) < 4.78 is 6.30. The van der Waals surface area contributed by atoms with Crippen LogP contribution in [0.4, 0.5) is 0 Å². The third-order valence-corrected chi connectivity index (χ3v) is 1.86. The van der Waals surface area contributed by atoms with E-state index in [1.54, 1.807) is 23.0 Å². The van der Waals surface area contributed by atoms with Crippen LogP contribution in [0.15, 0.2) is 30.7 Å². The largest absolute Gasteiger partial charge is 0.464 e. The highest BCUT2D eigenvalue weighted by Crippen LogP contribution is 2.08. The summed E-state index contributed by atoms with van der Waals surface area (Å²) in [5.74, 6) is -0.354. The van der Waals surface area contributed by atoms with Gasteiger partial charge in [0.1, 0.15) is 5.69 Å². The predicted molar refractivity (Wildman–Crippen MR) is 46.5 cm³/mol. The summed E-state index contributed by atoms with van der Waals surface area (Å²) in [6.45, 7) is 0. The molecule has 0 spiro atoms. The number of carbonyl (C=O) groups is 1. The average molecular weight is 176 g/mol. The monoisotopic (exact) mass is 176 g/mol. The molecule has 2 aromatic rings. The number of fused-ring (bicyclic) bond motifs is 1. The second-order valence-corrected chi connectivity index (χ2v) is 2.59. The first-order chi connectivity index (χ1) is 6.33. The van der Waals surface area contributed by atoms with Gasteiger partial charge in [0.15, 0.2) is 0 Å². The van der Waals surface area contributed by atoms with Crippen LogP contribution in [0.3, 0.4) is 0 Å². The van der Waals surface area contributed by atoms with Gasteiger partial charge in [-0.2, -0.15) is 0 Å². The normalized spacial score (nSPS) is 10.2. The molecule has 4 heteroatoms. The molecule has 0 unspecified atom stereocenters. The number of hydrogen-bond donors (Lipinski definition) is 0. The maximum atomic E-state index is 11.2. The van der Waals surface area contributed by atoms with Crippen molar-refractivity contribution in [2.75, 3.05) is 7.11 Å². The van der Waals surface area contributed by atoms with Crippen LogP contribution in [0.2, 0.25) is 0 Å². The highest BCUT2D eigenvalue weighted by molar-refractivity contribution is 5.89. The van der Waals surface area contributed by atoms with Gasteiger partial charge in [-0.25, -0.2) is 9.78 Å². The van der Waals surface area contributed by atoms with Gasteiger partial charge >= 0.3 is 5.97 Å². The number of ether oxygens (including phenoxy) is 1. The second kappa shape index (κ2) is 2.90. The van der Waals surface area contributed by atoms with Crippen LogP contribution in [-0.2, 0) is 4.74 Å². The minimum atomic E-state index is -0.354. The molecule has 0 radical (unpaired) electrons. The lowest BCUT2D eigenvalue weighted by atomic mass is 10.4. The minimum absolute atomic E-state index is 0.354. The number of methoxy groups -OCH3 is 1. The smallest absolute Gasteiger partial charge is 0.355 e. The summed E-state index contributed by atoms with van der Waals surface area (Å²) >= 11 is 0. The highest BCUT2D eigenvalue weighted by atomic mass is 16.5. The Kier molecular flexibility index (Phi) is 1.73. The first-order valence-corrected chi connectivity index (χ1v) is 3.82. The number of aromatic nitrogens is 2. The Bertz CT molecular complexity index is 448. The number of nitrogens with zero attached hydrogens (tertiary/aromatic N) is 2. The molecule has 0 aliphatic heterocycles. The van der Waals surface area contributed by atoms with E-state index in [4.69, 9.17) is 0 Å². The summed E-state index contributed by atoms with van der Waals surface area (Å²) in [6, 6.07) is 5.38. The number of hydrogen-bond acceptors (Lipinski definition) is 3. The highest BCUT2D eigenvalue weighted by Gasteiger charge is 2.09. The van der Waals surface area contributed by atoms with Gasteiger partial charge < -0.3 is 4.74 Å². The summed E-state index contributed by atoms with van der Waals surface area (Å²) in [4.78, 5) is 15.1. The molecule has 0 bridgehead atoms. The first-order valence-electron chi connectivity index (χ1n) is 3.82. The topological polar surface area (TPSA) is 43.6 Å². The zero-order valence-electron chi connectivity index (χ0n) is 7.10. The van der Waals surface area contributed by atoms with Crippen molar-refractivity contribution in [1.82, 2.24) is 9.38 Å². The van der Waals surface area contributed by atoms with Crippen molar-refractivity contribution in [3.05, 3.63) is 36.4 Å². The van der Waals surface area contributed by atoms with Crippen LogP contribution >= 0.6 is 0 Å². The average Bonchev–Trinajstić information content (AvgIpc) is 2.60. The SMILES string of the molecule is COC(=O)c1ccc2ccncn12. The summed E-state index contributed by atoms with van der Waals surface area (Å²) in [7, 11) is 1.36. The first kappa shape index (κ1) is 7.79. The van der Waals surface area contributed by atoms with Crippen molar-refractivity contribution in [3.8, 4) is 0 Å². The Morgan fingerprint density at radius 1 is 1.46 bits per heavy atom. The summed E-state index contributed by atoms with van der Waals surface area (Å²) in [5.41, 5.74) is 1.42. The van der Waals surface area contributed by atoms with E-state index in [1.807, 2.05) is 12.1 Å². The van der Waals surface area contributed by atoms with Gasteiger partial charge in [0, 0.05) is 11.7 Å². The van der Waals surface area contributed by atoms with Gasteiger partial charge in [-0.3, -0.25) is 4.40 Å². The lowest BCUT2D eigenvalue weighted by Gasteiger charge is -1.98. The molecule has 0 aliphatic rings. The van der Waals surface area contributed by atoms with E-state index in [9.17, 15) is 4.79 Å². The Morgan fingerprint density at radius 3 is 3.08 bits per heavy atom. The van der Waals surface area contributed by atoms with E-state index < -0.39 is 0 Å². The Morgan fingerprint density at radius 2 is 2.31 bits per heavy atom. The van der Waals surface area contributed by atoms with E-state index in [2.05, 4.69) is 9.72 Å². The molecule has 0 aromatic carbocycles. The lowest BCUT2D eigenvalue weighted by molar-refractivity contribution is 0.0593. The molecule has 4 nitrogen and oxygen atoms in total. The zero-order valence-corrected chi connectivity index (χ0v) is 7.10. The molecule has 0 atom stereocenters. The lowest BCUT2D eigenvalue weighted by Crippen LogP contribution is -2.05. The van der Waals surface area contributed by atoms with Crippen molar-refractivity contribution >= 4 is 11.5 Å². The molecule has 0 fully saturated rings. The molecule has 2 rings (SSSR count). The predicted octanol–water partition coefficient (Wildman–Crippen LogP) is 1.12. The Hall–Kier alpha value is -1.84. The number of carbonyl (C=O) groups excluding carboxylic acids is 1. The van der Waals surface area contributed by atoms with Gasteiger partial charge in [0.25, 0.3) is 0 Å². The minimum Gasteiger partial charge on any atom is -0.464 e. The fraction of sp³-hybridized carbons (Fsp3) is 0.111. The Labute approximate surface area is 74.8 Å². The molecule has 0 amide bonds. The zero-order chi connectivity index (χ0) is 9.26. The summed E-state index contributed by atoms with van der Waals surface area (Å²) in [6.07, 6.45) is 3.26. The molecule has 2 heterocycles. The van der Waals surface area contributed by atoms with E-state index in [0.29, 0.717) is 5.69 Å². The van der Waals surface area contributed by atoms with E-state index in [0.717, 1.165) is 5.52 Å². The molecule has 0 aliphatic carbocycles. The van der Waals surface area contributed by atoms with Crippen LogP contribution in [0, 0.1) is 0 Å². The number of esters is 1. The molecule has 13 heavy (non-hydrogen) atoms. The van der Waals surface area contributed by atoms with Crippen LogP contribution < -0.4 is 0 Å². The third-order valence-electron chi connectivity index (χ3n) is 1.86. The van der Waals surface area contributed by atoms with Crippen LogP contribution in [0.1, 0.15) is 10.5 Å². The quantitative estimate of drug-likeness (QED) is 0.611. The van der Waals surface area contributed by atoms with E-state index >= 15 is 0 Å². The van der Waals surface area contributed by atoms with Gasteiger partial charge in [-0.1, -0.05) is 0 Å². The Balaban J connectivity index is 2.64. The molecule has 2 aromatic heterocycles. The maximum Gasteiger partial charge on any atom is 0.355 e. The van der Waals surface area contributed by atoms with Crippen LogP contribution in [0.25, 0.3) is 5.52 Å². The fourth-order valence-corrected chi connectivity index (χ4v) is 1.22. The van der Waals surface area contributed by atoms with Crippen molar-refractivity contribution in [3.63, 3.8) is 0 Å². The van der Waals surface area contributed by atoms with Crippen LogP contribution in [-0.4, -0.2) is 22.5 Å². The third kappa shape index (κ3) is 1.16. The van der Waals surface area contributed by atoms with Crippen molar-refractivity contribution in [1.29, 1.82) is 0 Å².